The summed E-state index contributed by atoms with van der Waals surface area (Å²) in [6.45, 7) is 2.95. The standard InChI is InChI=1S/C26H22N10O2/c27-13-19-6-3-17(14-28-19)22-12-23(35-34-22)33-26(37)31-18-4-1-16(2-5-18)21-11-20-24(32-21)29-15-30-25(20)36-7-9-38-10-8-36/h1-6,11-12,14-15H,7-10H2,(H,29,30,32)(H3,31,33,34,35,37). The van der Waals surface area contributed by atoms with Crippen molar-refractivity contribution in [1.82, 2.24) is 30.1 Å². The Morgan fingerprint density at radius 3 is 2.58 bits per heavy atom. The van der Waals surface area contributed by atoms with Crippen LogP contribution in [0.3, 0.4) is 0 Å². The number of morpholine rings is 1. The maximum atomic E-state index is 12.5. The van der Waals surface area contributed by atoms with Gasteiger partial charge in [-0.1, -0.05) is 12.1 Å². The topological polar surface area (TPSA) is 161 Å². The molecule has 1 saturated heterocycles. The highest BCUT2D eigenvalue weighted by Gasteiger charge is 2.17. The first kappa shape index (κ1) is 23.1. The summed E-state index contributed by atoms with van der Waals surface area (Å²) >= 11 is 0. The molecule has 4 N–H and O–H groups in total. The zero-order valence-electron chi connectivity index (χ0n) is 20.1. The van der Waals surface area contributed by atoms with E-state index in [9.17, 15) is 4.79 Å². The van der Waals surface area contributed by atoms with Crippen LogP contribution in [0.25, 0.3) is 33.5 Å². The smallest absolute Gasteiger partial charge is 0.324 e. The maximum absolute atomic E-state index is 12.5. The lowest BCUT2D eigenvalue weighted by Crippen LogP contribution is -2.36. The molecule has 188 valence electrons. The number of fused-ring (bicyclic) bond motifs is 1. The molecule has 0 aliphatic carbocycles. The van der Waals surface area contributed by atoms with Crippen molar-refractivity contribution in [3.63, 3.8) is 0 Å². The summed E-state index contributed by atoms with van der Waals surface area (Å²) in [5, 5.41) is 22.4. The van der Waals surface area contributed by atoms with Crippen molar-refractivity contribution >= 4 is 34.4 Å². The molecule has 1 aromatic carbocycles. The lowest BCUT2D eigenvalue weighted by Gasteiger charge is -2.27. The fourth-order valence-corrected chi connectivity index (χ4v) is 4.27. The van der Waals surface area contributed by atoms with Crippen LogP contribution in [0.2, 0.25) is 0 Å². The summed E-state index contributed by atoms with van der Waals surface area (Å²) in [6.07, 6.45) is 3.13. The molecule has 2 amide bonds. The Balaban J connectivity index is 1.12. The van der Waals surface area contributed by atoms with Gasteiger partial charge in [0.25, 0.3) is 0 Å². The summed E-state index contributed by atoms with van der Waals surface area (Å²) < 4.78 is 5.46. The number of nitriles is 1. The predicted octanol–water partition coefficient (Wildman–Crippen LogP) is 3.76. The summed E-state index contributed by atoms with van der Waals surface area (Å²) in [5.74, 6) is 1.32. The van der Waals surface area contributed by atoms with Gasteiger partial charge in [-0.15, -0.1) is 0 Å². The molecule has 38 heavy (non-hydrogen) atoms. The number of nitrogens with one attached hydrogen (secondary N) is 4. The van der Waals surface area contributed by atoms with Crippen LogP contribution >= 0.6 is 0 Å². The van der Waals surface area contributed by atoms with Crippen molar-refractivity contribution in [3.8, 4) is 28.6 Å². The number of aromatic nitrogens is 6. The molecule has 12 nitrogen and oxygen atoms in total. The molecule has 5 aromatic rings. The van der Waals surface area contributed by atoms with Crippen LogP contribution in [0.5, 0.6) is 0 Å². The Morgan fingerprint density at radius 1 is 1.00 bits per heavy atom. The second kappa shape index (κ2) is 10.00. The van der Waals surface area contributed by atoms with E-state index in [1.54, 1.807) is 30.7 Å². The summed E-state index contributed by atoms with van der Waals surface area (Å²) in [4.78, 5) is 31.0. The van der Waals surface area contributed by atoms with Gasteiger partial charge in [0.1, 0.15) is 35.4 Å². The normalized spacial score (nSPS) is 13.3. The number of benzene rings is 1. The number of hydrogen-bond donors (Lipinski definition) is 4. The number of hydrogen-bond acceptors (Lipinski definition) is 8. The molecular formula is C26H22N10O2. The predicted molar refractivity (Wildman–Crippen MR) is 142 cm³/mol. The largest absolute Gasteiger partial charge is 0.378 e. The van der Waals surface area contributed by atoms with E-state index in [4.69, 9.17) is 10.00 Å². The minimum Gasteiger partial charge on any atom is -0.378 e. The third-order valence-corrected chi connectivity index (χ3v) is 6.17. The van der Waals surface area contributed by atoms with Crippen molar-refractivity contribution < 1.29 is 9.53 Å². The number of amides is 2. The molecule has 1 fully saturated rings. The Hall–Kier alpha value is -5.28. The molecule has 0 spiro atoms. The second-order valence-corrected chi connectivity index (χ2v) is 8.61. The maximum Gasteiger partial charge on any atom is 0.324 e. The molecular weight excluding hydrogens is 484 g/mol. The number of ether oxygens (including phenoxy) is 1. The van der Waals surface area contributed by atoms with E-state index in [-0.39, 0.29) is 0 Å². The highest BCUT2D eigenvalue weighted by Crippen LogP contribution is 2.29. The van der Waals surface area contributed by atoms with E-state index in [2.05, 4.69) is 51.7 Å². The van der Waals surface area contributed by atoms with Crippen LogP contribution in [-0.2, 0) is 4.74 Å². The second-order valence-electron chi connectivity index (χ2n) is 8.61. The van der Waals surface area contributed by atoms with E-state index in [1.807, 2.05) is 30.3 Å². The Labute approximate surface area is 216 Å². The van der Waals surface area contributed by atoms with Crippen LogP contribution in [0, 0.1) is 11.3 Å². The SMILES string of the molecule is N#Cc1ccc(-c2cc(NC(=O)Nc3ccc(-c4cc5c(N6CCOCC6)ncnc5[nH]4)cc3)[nH]n2)cn1. The first-order valence-electron chi connectivity index (χ1n) is 11.9. The Bertz CT molecular complexity index is 1630. The summed E-state index contributed by atoms with van der Waals surface area (Å²) in [6, 6.07) is 16.2. The highest BCUT2D eigenvalue weighted by molar-refractivity contribution is 5.99. The average molecular weight is 507 g/mol. The van der Waals surface area contributed by atoms with Gasteiger partial charge in [0.15, 0.2) is 0 Å². The summed E-state index contributed by atoms with van der Waals surface area (Å²) in [5.41, 5.74) is 4.92. The van der Waals surface area contributed by atoms with E-state index in [1.165, 1.54) is 0 Å². The van der Waals surface area contributed by atoms with Gasteiger partial charge in [-0.25, -0.2) is 19.7 Å². The number of pyridine rings is 1. The number of H-pyrrole nitrogens is 2. The van der Waals surface area contributed by atoms with Crippen LogP contribution in [-0.4, -0.2) is 62.5 Å². The minimum absolute atomic E-state index is 0.323. The molecule has 0 bridgehead atoms. The van der Waals surface area contributed by atoms with Crippen molar-refractivity contribution in [2.45, 2.75) is 0 Å². The Morgan fingerprint density at radius 2 is 1.82 bits per heavy atom. The van der Waals surface area contributed by atoms with Gasteiger partial charge in [0.2, 0.25) is 0 Å². The van der Waals surface area contributed by atoms with Crippen LogP contribution in [0.4, 0.5) is 22.1 Å². The van der Waals surface area contributed by atoms with Gasteiger partial charge in [0, 0.05) is 42.3 Å². The van der Waals surface area contributed by atoms with Gasteiger partial charge in [-0.05, 0) is 35.9 Å². The van der Waals surface area contributed by atoms with E-state index >= 15 is 0 Å². The molecule has 12 heteroatoms. The molecule has 6 rings (SSSR count). The van der Waals surface area contributed by atoms with Crippen LogP contribution in [0.15, 0.2) is 61.1 Å². The zero-order chi connectivity index (χ0) is 25.9. The van der Waals surface area contributed by atoms with Gasteiger partial charge in [-0.3, -0.25) is 10.4 Å². The number of rotatable bonds is 5. The molecule has 5 heterocycles. The number of aromatic amines is 2. The van der Waals surface area contributed by atoms with E-state index in [0.29, 0.717) is 36.1 Å². The lowest BCUT2D eigenvalue weighted by atomic mass is 10.1. The third kappa shape index (κ3) is 4.73. The Kier molecular flexibility index (Phi) is 6.09. The van der Waals surface area contributed by atoms with Gasteiger partial charge < -0.3 is 19.9 Å². The van der Waals surface area contributed by atoms with E-state index in [0.717, 1.165) is 46.8 Å². The van der Waals surface area contributed by atoms with Crippen LogP contribution < -0.4 is 15.5 Å². The molecule has 0 saturated carbocycles. The van der Waals surface area contributed by atoms with Gasteiger partial charge >= 0.3 is 6.03 Å². The van der Waals surface area contributed by atoms with Crippen molar-refractivity contribution in [2.24, 2.45) is 0 Å². The van der Waals surface area contributed by atoms with Crippen molar-refractivity contribution in [3.05, 3.63) is 66.7 Å². The molecule has 1 aliphatic heterocycles. The van der Waals surface area contributed by atoms with E-state index < -0.39 is 6.03 Å². The lowest BCUT2D eigenvalue weighted by molar-refractivity contribution is 0.122. The molecule has 4 aromatic heterocycles. The molecule has 1 aliphatic rings. The first-order valence-corrected chi connectivity index (χ1v) is 11.9. The fraction of sp³-hybridized carbons (Fsp3) is 0.154. The van der Waals surface area contributed by atoms with Gasteiger partial charge in [0.05, 0.1) is 24.3 Å². The van der Waals surface area contributed by atoms with Crippen molar-refractivity contribution in [1.29, 1.82) is 5.26 Å². The first-order chi connectivity index (χ1) is 18.7. The quantitative estimate of drug-likeness (QED) is 0.280. The molecule has 0 unspecified atom stereocenters. The zero-order valence-corrected chi connectivity index (χ0v) is 20.1. The number of carbonyl (C=O) groups excluding carboxylic acids is 1. The molecule has 0 atom stereocenters. The number of carbonyl (C=O) groups is 1. The monoisotopic (exact) mass is 506 g/mol. The minimum atomic E-state index is -0.415. The van der Waals surface area contributed by atoms with Crippen molar-refractivity contribution in [2.75, 3.05) is 41.8 Å². The number of urea groups is 1. The molecule has 0 radical (unpaired) electrons. The van der Waals surface area contributed by atoms with Crippen LogP contribution in [0.1, 0.15) is 5.69 Å². The summed E-state index contributed by atoms with van der Waals surface area (Å²) in [7, 11) is 0. The fourth-order valence-electron chi connectivity index (χ4n) is 4.27. The average Bonchev–Trinajstić information content (AvgIpc) is 3.61. The van der Waals surface area contributed by atoms with Gasteiger partial charge in [-0.2, -0.15) is 10.4 Å². The highest BCUT2D eigenvalue weighted by atomic mass is 16.5. The number of nitrogens with zero attached hydrogens (tertiary/aromatic N) is 6. The third-order valence-electron chi connectivity index (χ3n) is 6.17. The number of anilines is 3.